The number of aryl methyl sites for hydroxylation is 1. The van der Waals surface area contributed by atoms with Crippen molar-refractivity contribution in [3.05, 3.63) is 23.3 Å². The van der Waals surface area contributed by atoms with Crippen LogP contribution in [-0.2, 0) is 16.6 Å². The van der Waals surface area contributed by atoms with Crippen LogP contribution in [0.3, 0.4) is 0 Å². The summed E-state index contributed by atoms with van der Waals surface area (Å²) in [5.41, 5.74) is 2.24. The molecule has 1 rings (SSSR count). The molecule has 4 nitrogen and oxygen atoms in total. The minimum Gasteiger partial charge on any atom is -0.468 e. The van der Waals surface area contributed by atoms with Crippen LogP contribution in [0.5, 0.6) is 5.75 Å². The summed E-state index contributed by atoms with van der Waals surface area (Å²) in [4.78, 5) is 0. The highest BCUT2D eigenvalue weighted by Gasteiger charge is 2.27. The van der Waals surface area contributed by atoms with Crippen molar-refractivity contribution in [3.63, 3.8) is 0 Å². The SMILES string of the molecule is CCc1cc(B(O)O)c(OCOC)c(C(C)(C)C)c1. The van der Waals surface area contributed by atoms with Gasteiger partial charge >= 0.3 is 7.12 Å². The zero-order valence-corrected chi connectivity index (χ0v) is 12.4. The van der Waals surface area contributed by atoms with E-state index in [1.54, 1.807) is 6.07 Å². The second kappa shape index (κ2) is 6.41. The molecule has 1 aromatic carbocycles. The molecule has 0 saturated carbocycles. The fourth-order valence-corrected chi connectivity index (χ4v) is 1.95. The molecule has 0 atom stereocenters. The van der Waals surface area contributed by atoms with E-state index in [4.69, 9.17) is 9.47 Å². The maximum Gasteiger partial charge on any atom is 0.492 e. The zero-order chi connectivity index (χ0) is 14.6. The maximum atomic E-state index is 9.55. The molecule has 0 fully saturated rings. The number of rotatable bonds is 5. The molecule has 0 unspecified atom stereocenters. The molecule has 0 spiro atoms. The molecule has 5 heteroatoms. The Hall–Kier alpha value is -1.04. The third-order valence-corrected chi connectivity index (χ3v) is 2.99. The van der Waals surface area contributed by atoms with Gasteiger partial charge in [-0.25, -0.2) is 0 Å². The summed E-state index contributed by atoms with van der Waals surface area (Å²) >= 11 is 0. The molecular weight excluding hydrogens is 243 g/mol. The van der Waals surface area contributed by atoms with Crippen molar-refractivity contribution in [2.45, 2.75) is 39.5 Å². The highest BCUT2D eigenvalue weighted by atomic mass is 16.7. The normalized spacial score (nSPS) is 11.5. The zero-order valence-electron chi connectivity index (χ0n) is 12.4. The first-order valence-corrected chi connectivity index (χ1v) is 6.46. The van der Waals surface area contributed by atoms with Crippen LogP contribution < -0.4 is 10.2 Å². The average molecular weight is 266 g/mol. The van der Waals surface area contributed by atoms with Gasteiger partial charge in [-0.1, -0.05) is 39.8 Å². The molecule has 1 aromatic rings. The van der Waals surface area contributed by atoms with Gasteiger partial charge < -0.3 is 19.5 Å². The number of ether oxygens (including phenoxy) is 2. The number of hydrogen-bond donors (Lipinski definition) is 2. The highest BCUT2D eigenvalue weighted by Crippen LogP contribution is 2.31. The second-order valence-electron chi connectivity index (χ2n) is 5.59. The van der Waals surface area contributed by atoms with Crippen LogP contribution in [0, 0.1) is 0 Å². The van der Waals surface area contributed by atoms with Gasteiger partial charge in [-0.2, -0.15) is 0 Å². The first-order valence-electron chi connectivity index (χ1n) is 6.46. The van der Waals surface area contributed by atoms with Gasteiger partial charge in [0.1, 0.15) is 5.75 Å². The van der Waals surface area contributed by atoms with E-state index in [-0.39, 0.29) is 12.2 Å². The smallest absolute Gasteiger partial charge is 0.468 e. The molecule has 0 aliphatic carbocycles. The predicted octanol–water partition coefficient (Wildman–Crippen LogP) is 1.21. The van der Waals surface area contributed by atoms with Crippen molar-refractivity contribution in [2.75, 3.05) is 13.9 Å². The fourth-order valence-electron chi connectivity index (χ4n) is 1.95. The lowest BCUT2D eigenvalue weighted by Crippen LogP contribution is -2.34. The minimum absolute atomic E-state index is 0.0777. The molecule has 0 bridgehead atoms. The summed E-state index contributed by atoms with van der Waals surface area (Å²) in [5, 5.41) is 19.1. The van der Waals surface area contributed by atoms with Gasteiger partial charge in [0.25, 0.3) is 0 Å². The first kappa shape index (κ1) is 16.0. The van der Waals surface area contributed by atoms with Gasteiger partial charge in [0.2, 0.25) is 0 Å². The summed E-state index contributed by atoms with van der Waals surface area (Å²) in [6.07, 6.45) is 0.827. The van der Waals surface area contributed by atoms with Crippen molar-refractivity contribution in [2.24, 2.45) is 0 Å². The third kappa shape index (κ3) is 3.96. The van der Waals surface area contributed by atoms with Crippen LogP contribution in [0.15, 0.2) is 12.1 Å². The molecule has 0 radical (unpaired) electrons. The molecule has 2 N–H and O–H groups in total. The standard InChI is InChI=1S/C14H23BO4/c1-6-10-7-11(14(2,3)4)13(19-9-18-5)12(8-10)15(16)17/h7-8,16-17H,6,9H2,1-5H3. The van der Waals surface area contributed by atoms with Gasteiger partial charge in [-0.05, 0) is 23.0 Å². The lowest BCUT2D eigenvalue weighted by molar-refractivity contribution is 0.0504. The number of methoxy groups -OCH3 is 1. The minimum atomic E-state index is -1.56. The highest BCUT2D eigenvalue weighted by molar-refractivity contribution is 6.59. The van der Waals surface area contributed by atoms with Gasteiger partial charge in [-0.3, -0.25) is 0 Å². The van der Waals surface area contributed by atoms with E-state index in [1.807, 2.05) is 6.92 Å². The van der Waals surface area contributed by atoms with Crippen LogP contribution in [-0.4, -0.2) is 31.1 Å². The monoisotopic (exact) mass is 266 g/mol. The maximum absolute atomic E-state index is 9.55. The molecule has 19 heavy (non-hydrogen) atoms. The van der Waals surface area contributed by atoms with E-state index in [9.17, 15) is 10.0 Å². The Labute approximate surface area is 115 Å². The summed E-state index contributed by atoms with van der Waals surface area (Å²) < 4.78 is 10.5. The Balaban J connectivity index is 3.42. The largest absolute Gasteiger partial charge is 0.492 e. The van der Waals surface area contributed by atoms with E-state index in [1.165, 1.54) is 7.11 Å². The van der Waals surface area contributed by atoms with Crippen LogP contribution >= 0.6 is 0 Å². The van der Waals surface area contributed by atoms with Crippen LogP contribution in [0.2, 0.25) is 0 Å². The predicted molar refractivity (Wildman–Crippen MR) is 76.8 cm³/mol. The summed E-state index contributed by atoms with van der Waals surface area (Å²) in [6.45, 7) is 8.30. The summed E-state index contributed by atoms with van der Waals surface area (Å²) in [7, 11) is -0.0221. The average Bonchev–Trinajstić information content (AvgIpc) is 2.34. The number of hydrogen-bond acceptors (Lipinski definition) is 4. The molecule has 0 amide bonds. The van der Waals surface area contributed by atoms with E-state index in [0.29, 0.717) is 11.2 Å². The van der Waals surface area contributed by atoms with Gasteiger partial charge in [0.05, 0.1) is 0 Å². The Morgan fingerprint density at radius 1 is 1.21 bits per heavy atom. The summed E-state index contributed by atoms with van der Waals surface area (Å²) in [5.74, 6) is 0.501. The molecule has 0 aliphatic rings. The quantitative estimate of drug-likeness (QED) is 0.621. The Bertz CT molecular complexity index is 424. The van der Waals surface area contributed by atoms with Crippen LogP contribution in [0.1, 0.15) is 38.8 Å². The molecule has 0 heterocycles. The molecule has 0 aromatic heterocycles. The van der Waals surface area contributed by atoms with Crippen LogP contribution in [0.4, 0.5) is 0 Å². The number of benzene rings is 1. The molecular formula is C14H23BO4. The van der Waals surface area contributed by atoms with Crippen molar-refractivity contribution in [1.29, 1.82) is 0 Å². The van der Waals surface area contributed by atoms with Crippen molar-refractivity contribution in [3.8, 4) is 5.75 Å². The third-order valence-electron chi connectivity index (χ3n) is 2.99. The Morgan fingerprint density at radius 2 is 1.84 bits per heavy atom. The second-order valence-corrected chi connectivity index (χ2v) is 5.59. The van der Waals surface area contributed by atoms with Gasteiger partial charge in [0.15, 0.2) is 6.79 Å². The lowest BCUT2D eigenvalue weighted by Gasteiger charge is -2.25. The van der Waals surface area contributed by atoms with Gasteiger partial charge in [0, 0.05) is 12.6 Å². The van der Waals surface area contributed by atoms with E-state index in [0.717, 1.165) is 17.5 Å². The summed E-state index contributed by atoms with van der Waals surface area (Å²) in [6, 6.07) is 3.82. The first-order chi connectivity index (χ1) is 8.81. The molecule has 0 saturated heterocycles. The van der Waals surface area contributed by atoms with Crippen molar-refractivity contribution in [1.82, 2.24) is 0 Å². The van der Waals surface area contributed by atoms with Crippen LogP contribution in [0.25, 0.3) is 0 Å². The van der Waals surface area contributed by atoms with Crippen molar-refractivity contribution >= 4 is 12.6 Å². The molecule has 0 aliphatic heterocycles. The Kier molecular flexibility index (Phi) is 5.41. The fraction of sp³-hybridized carbons (Fsp3) is 0.571. The van der Waals surface area contributed by atoms with Gasteiger partial charge in [-0.15, -0.1) is 0 Å². The van der Waals surface area contributed by atoms with E-state index in [2.05, 4.69) is 26.8 Å². The Morgan fingerprint density at radius 3 is 2.26 bits per heavy atom. The lowest BCUT2D eigenvalue weighted by atomic mass is 9.73. The van der Waals surface area contributed by atoms with E-state index < -0.39 is 7.12 Å². The van der Waals surface area contributed by atoms with Crippen molar-refractivity contribution < 1.29 is 19.5 Å². The topological polar surface area (TPSA) is 58.9 Å². The molecule has 106 valence electrons. The van der Waals surface area contributed by atoms with E-state index >= 15 is 0 Å².